The van der Waals surface area contributed by atoms with Crippen molar-refractivity contribution >= 4 is 60.2 Å². The van der Waals surface area contributed by atoms with Gasteiger partial charge in [-0.2, -0.15) is 0 Å². The molecule has 0 fully saturated rings. The molecule has 2 aromatic heterocycles. The van der Waals surface area contributed by atoms with Crippen molar-refractivity contribution in [2.75, 3.05) is 4.72 Å². The lowest BCUT2D eigenvalue weighted by molar-refractivity contribution is 0.0951. The number of sulfonamides is 1. The van der Waals surface area contributed by atoms with Crippen LogP contribution >= 0.6 is 38.6 Å². The van der Waals surface area contributed by atoms with Gasteiger partial charge in [-0.3, -0.25) is 9.52 Å². The van der Waals surface area contributed by atoms with Crippen molar-refractivity contribution in [1.82, 2.24) is 5.32 Å². The van der Waals surface area contributed by atoms with E-state index in [0.717, 1.165) is 20.0 Å². The summed E-state index contributed by atoms with van der Waals surface area (Å²) >= 11 is 5.95. The lowest BCUT2D eigenvalue weighted by Gasteiger charge is -2.08. The smallest absolute Gasteiger partial charge is 0.271 e. The molecule has 9 heteroatoms. The van der Waals surface area contributed by atoms with Gasteiger partial charge in [0.25, 0.3) is 15.9 Å². The van der Waals surface area contributed by atoms with Gasteiger partial charge in [0.05, 0.1) is 10.3 Å². The number of thiophene rings is 2. The maximum atomic E-state index is 12.3. The summed E-state index contributed by atoms with van der Waals surface area (Å²) in [4.78, 5) is 13.2. The van der Waals surface area contributed by atoms with E-state index < -0.39 is 10.0 Å². The van der Waals surface area contributed by atoms with Crippen LogP contribution in [0.2, 0.25) is 0 Å². The molecule has 3 aromatic rings. The van der Waals surface area contributed by atoms with Crippen LogP contribution in [0.1, 0.15) is 15.2 Å². The average Bonchev–Trinajstić information content (AvgIpc) is 3.24. The normalized spacial score (nSPS) is 11.2. The summed E-state index contributed by atoms with van der Waals surface area (Å²) < 4.78 is 28.0. The summed E-state index contributed by atoms with van der Waals surface area (Å²) in [6.45, 7) is 0.470. The zero-order valence-corrected chi connectivity index (χ0v) is 16.8. The minimum absolute atomic E-state index is 0.204. The van der Waals surface area contributed by atoms with Crippen LogP contribution in [0, 0.1) is 0 Å². The van der Waals surface area contributed by atoms with Gasteiger partial charge >= 0.3 is 0 Å². The monoisotopic (exact) mass is 456 g/mol. The summed E-state index contributed by atoms with van der Waals surface area (Å²) in [5.74, 6) is -0.204. The first-order valence-corrected chi connectivity index (χ1v) is 11.1. The van der Waals surface area contributed by atoms with Gasteiger partial charge in [0, 0.05) is 16.1 Å². The molecule has 0 bridgehead atoms. The van der Waals surface area contributed by atoms with E-state index in [1.165, 1.54) is 6.07 Å². The summed E-state index contributed by atoms with van der Waals surface area (Å²) in [6, 6.07) is 13.4. The molecule has 1 aromatic carbocycles. The van der Waals surface area contributed by atoms with Crippen molar-refractivity contribution in [3.8, 4) is 0 Å². The highest BCUT2D eigenvalue weighted by molar-refractivity contribution is 9.11. The Bertz CT molecular complexity index is 964. The molecule has 2 heterocycles. The second-order valence-electron chi connectivity index (χ2n) is 5.00. The van der Waals surface area contributed by atoms with Crippen LogP contribution in [0.15, 0.2) is 61.9 Å². The molecule has 1 amide bonds. The van der Waals surface area contributed by atoms with Gasteiger partial charge < -0.3 is 5.32 Å². The molecule has 0 spiro atoms. The van der Waals surface area contributed by atoms with Crippen LogP contribution in [0.5, 0.6) is 0 Å². The number of hydrogen-bond donors (Lipinski definition) is 2. The molecular weight excluding hydrogens is 444 g/mol. The number of rotatable bonds is 6. The van der Waals surface area contributed by atoms with Crippen molar-refractivity contribution in [2.24, 2.45) is 0 Å². The van der Waals surface area contributed by atoms with Crippen LogP contribution in [-0.2, 0) is 16.6 Å². The molecule has 5 nitrogen and oxygen atoms in total. The fourth-order valence-electron chi connectivity index (χ4n) is 2.02. The summed E-state index contributed by atoms with van der Waals surface area (Å²) in [7, 11) is -3.63. The van der Waals surface area contributed by atoms with E-state index in [0.29, 0.717) is 17.8 Å². The van der Waals surface area contributed by atoms with E-state index in [9.17, 15) is 13.2 Å². The molecule has 130 valence electrons. The highest BCUT2D eigenvalue weighted by atomic mass is 79.9. The number of carbonyl (C=O) groups excluding carboxylic acids is 1. The number of halogens is 1. The zero-order valence-electron chi connectivity index (χ0n) is 12.7. The van der Waals surface area contributed by atoms with Crippen molar-refractivity contribution in [3.63, 3.8) is 0 Å². The predicted octanol–water partition coefficient (Wildman–Crippen LogP) is 4.30. The Morgan fingerprint density at radius 1 is 1.08 bits per heavy atom. The number of nitrogens with one attached hydrogen (secondary N) is 2. The van der Waals surface area contributed by atoms with Crippen LogP contribution in [0.3, 0.4) is 0 Å². The van der Waals surface area contributed by atoms with E-state index in [1.807, 2.05) is 17.5 Å². The van der Waals surface area contributed by atoms with Crippen molar-refractivity contribution in [1.29, 1.82) is 0 Å². The Morgan fingerprint density at radius 2 is 1.84 bits per heavy atom. The first-order valence-electron chi connectivity index (χ1n) is 7.13. The Morgan fingerprint density at radius 3 is 2.44 bits per heavy atom. The molecule has 0 saturated heterocycles. The van der Waals surface area contributed by atoms with Gasteiger partial charge in [-0.15, -0.1) is 22.7 Å². The second-order valence-corrected chi connectivity index (χ2v) is 10.4. The molecule has 0 aliphatic rings. The molecule has 0 saturated carbocycles. The van der Waals surface area contributed by atoms with Crippen LogP contribution < -0.4 is 10.0 Å². The molecule has 0 aliphatic heterocycles. The summed E-state index contributed by atoms with van der Waals surface area (Å²) in [6.07, 6.45) is 0. The first kappa shape index (κ1) is 18.1. The molecule has 2 N–H and O–H groups in total. The molecular formula is C16H13BrN2O3S3. The third-order valence-corrected chi connectivity index (χ3v) is 7.59. The van der Waals surface area contributed by atoms with Crippen molar-refractivity contribution in [2.45, 2.75) is 10.8 Å². The highest BCUT2D eigenvalue weighted by Crippen LogP contribution is 2.27. The maximum Gasteiger partial charge on any atom is 0.271 e. The molecule has 0 aliphatic carbocycles. The number of benzene rings is 1. The zero-order chi connectivity index (χ0) is 17.9. The molecule has 3 rings (SSSR count). The molecule has 25 heavy (non-hydrogen) atoms. The third kappa shape index (κ3) is 4.69. The summed E-state index contributed by atoms with van der Waals surface area (Å²) in [5.41, 5.74) is 0.873. The second kappa shape index (κ2) is 7.69. The standard InChI is InChI=1S/C16H13BrN2O3S3/c17-14-7-8-15(24-14)25(21,22)19-12-5-3-11(4-6-12)16(20)18-10-13-2-1-9-23-13/h1-9,19H,10H2,(H,18,20). The van der Waals surface area contributed by atoms with E-state index >= 15 is 0 Å². The fraction of sp³-hybridized carbons (Fsp3) is 0.0625. The summed E-state index contributed by atoms with van der Waals surface area (Å²) in [5, 5.41) is 4.78. The third-order valence-electron chi connectivity index (χ3n) is 3.22. The molecule has 0 atom stereocenters. The minimum atomic E-state index is -3.63. The van der Waals surface area contributed by atoms with Gasteiger partial charge in [-0.25, -0.2) is 8.42 Å². The van der Waals surface area contributed by atoms with E-state index in [-0.39, 0.29) is 10.1 Å². The van der Waals surface area contributed by atoms with Crippen molar-refractivity contribution < 1.29 is 13.2 Å². The SMILES string of the molecule is O=C(NCc1cccs1)c1ccc(NS(=O)(=O)c2ccc(Br)s2)cc1. The van der Waals surface area contributed by atoms with Gasteiger partial charge in [0.2, 0.25) is 0 Å². The molecule has 0 unspecified atom stereocenters. The van der Waals surface area contributed by atoms with Gasteiger partial charge in [-0.05, 0) is 63.8 Å². The maximum absolute atomic E-state index is 12.3. The Labute approximate surface area is 161 Å². The quantitative estimate of drug-likeness (QED) is 0.580. The topological polar surface area (TPSA) is 75.3 Å². The predicted molar refractivity (Wildman–Crippen MR) is 105 cm³/mol. The Balaban J connectivity index is 1.64. The Hall–Kier alpha value is -1.68. The highest BCUT2D eigenvalue weighted by Gasteiger charge is 2.16. The number of carbonyl (C=O) groups is 1. The van der Waals surface area contributed by atoms with E-state index in [1.54, 1.807) is 41.7 Å². The van der Waals surface area contributed by atoms with Crippen LogP contribution in [0.25, 0.3) is 0 Å². The van der Waals surface area contributed by atoms with Crippen LogP contribution in [-0.4, -0.2) is 14.3 Å². The number of amides is 1. The first-order chi connectivity index (χ1) is 11.9. The van der Waals surface area contributed by atoms with Gasteiger partial charge in [0.1, 0.15) is 4.21 Å². The van der Waals surface area contributed by atoms with E-state index in [4.69, 9.17) is 0 Å². The average molecular weight is 457 g/mol. The van der Waals surface area contributed by atoms with Crippen LogP contribution in [0.4, 0.5) is 5.69 Å². The molecule has 0 radical (unpaired) electrons. The fourth-order valence-corrected chi connectivity index (χ4v) is 5.73. The van der Waals surface area contributed by atoms with Gasteiger partial charge in [0.15, 0.2) is 0 Å². The lowest BCUT2D eigenvalue weighted by atomic mass is 10.2. The minimum Gasteiger partial charge on any atom is -0.347 e. The van der Waals surface area contributed by atoms with E-state index in [2.05, 4.69) is 26.0 Å². The Kier molecular flexibility index (Phi) is 5.57. The number of hydrogen-bond acceptors (Lipinski definition) is 5. The lowest BCUT2D eigenvalue weighted by Crippen LogP contribution is -2.22. The van der Waals surface area contributed by atoms with Crippen molar-refractivity contribution in [3.05, 3.63) is 68.1 Å². The van der Waals surface area contributed by atoms with Gasteiger partial charge in [-0.1, -0.05) is 6.07 Å². The number of anilines is 1. The largest absolute Gasteiger partial charge is 0.347 e.